The molecular weight excluding hydrogens is 649 g/mol. The average Bonchev–Trinajstić information content (AvgIpc) is 3.01. The Bertz CT molecular complexity index is 1640. The van der Waals surface area contributed by atoms with Crippen LogP contribution >= 0.6 is 23.2 Å². The van der Waals surface area contributed by atoms with Crippen LogP contribution in [0.25, 0.3) is 0 Å². The van der Waals surface area contributed by atoms with Gasteiger partial charge in [-0.3, -0.25) is 9.59 Å². The molecule has 4 atom stereocenters. The summed E-state index contributed by atoms with van der Waals surface area (Å²) in [6.07, 6.45) is 2.33. The Morgan fingerprint density at radius 2 is 1.66 bits per heavy atom. The zero-order valence-electron chi connectivity index (χ0n) is 26.4. The standard InChI is InChI=1S/C36H38Cl2F2N2O5/c1-35(2,3)47-34(46)36(39,40)22-14-12-21(13-15-22)18-19-41-32(44)30-24-8-4-5-9-25(24)33(45)42(28-10-6-7-11-29(28)43)31(30)26-17-16-23(37)20-27(26)38/h4-5,8-9,12-17,20,28-31,43H,6-7,10-11,18-19H2,1-3H3,(H,41,44)/t28-,29-,30+,31-/m0/s1. The number of rotatable bonds is 8. The third kappa shape index (κ3) is 7.47. The van der Waals surface area contributed by atoms with Crippen molar-refractivity contribution in [2.45, 2.75) is 88.5 Å². The molecule has 5 rings (SSSR count). The number of benzene rings is 3. The number of hydrogen-bond acceptors (Lipinski definition) is 5. The van der Waals surface area contributed by atoms with Crippen LogP contribution in [0.15, 0.2) is 66.7 Å². The number of ether oxygens (including phenoxy) is 1. The van der Waals surface area contributed by atoms with Gasteiger partial charge in [0.05, 0.1) is 24.1 Å². The smallest absolute Gasteiger partial charge is 0.382 e. The van der Waals surface area contributed by atoms with Gasteiger partial charge in [0.15, 0.2) is 0 Å². The number of aliphatic hydroxyl groups is 1. The van der Waals surface area contributed by atoms with E-state index in [-0.39, 0.29) is 18.4 Å². The van der Waals surface area contributed by atoms with Crippen LogP contribution in [0.3, 0.4) is 0 Å². The van der Waals surface area contributed by atoms with E-state index in [1.807, 2.05) is 0 Å². The van der Waals surface area contributed by atoms with E-state index in [1.54, 1.807) is 47.4 Å². The summed E-state index contributed by atoms with van der Waals surface area (Å²) in [4.78, 5) is 42.0. The zero-order valence-corrected chi connectivity index (χ0v) is 28.0. The van der Waals surface area contributed by atoms with E-state index in [1.165, 1.54) is 45.0 Å². The highest BCUT2D eigenvalue weighted by atomic mass is 35.5. The Labute approximate surface area is 283 Å². The van der Waals surface area contributed by atoms with Gasteiger partial charge in [-0.25, -0.2) is 4.79 Å². The Morgan fingerprint density at radius 1 is 0.979 bits per heavy atom. The van der Waals surface area contributed by atoms with Gasteiger partial charge in [-0.05, 0) is 74.9 Å². The summed E-state index contributed by atoms with van der Waals surface area (Å²) in [6, 6.07) is 15.9. The molecule has 7 nitrogen and oxygen atoms in total. The van der Waals surface area contributed by atoms with Crippen molar-refractivity contribution < 1.29 is 33.0 Å². The number of halogens is 4. The Kier molecular flexibility index (Phi) is 10.3. The molecule has 0 spiro atoms. The van der Waals surface area contributed by atoms with Gasteiger partial charge in [0.1, 0.15) is 5.60 Å². The second-order valence-electron chi connectivity index (χ2n) is 13.1. The zero-order chi connectivity index (χ0) is 34.1. The van der Waals surface area contributed by atoms with E-state index in [0.29, 0.717) is 51.6 Å². The van der Waals surface area contributed by atoms with Gasteiger partial charge in [0.25, 0.3) is 5.91 Å². The number of amides is 2. The summed E-state index contributed by atoms with van der Waals surface area (Å²) in [5.41, 5.74) is 0.580. The Balaban J connectivity index is 1.41. The highest BCUT2D eigenvalue weighted by Gasteiger charge is 2.49. The third-order valence-corrected chi connectivity index (χ3v) is 9.24. The lowest BCUT2D eigenvalue weighted by Gasteiger charge is -2.48. The van der Waals surface area contributed by atoms with Gasteiger partial charge in [0.2, 0.25) is 5.91 Å². The fourth-order valence-corrected chi connectivity index (χ4v) is 6.99. The molecule has 1 saturated carbocycles. The first kappa shape index (κ1) is 34.8. The van der Waals surface area contributed by atoms with Crippen molar-refractivity contribution in [1.29, 1.82) is 0 Å². The number of nitrogens with one attached hydrogen (secondary N) is 1. The fourth-order valence-electron chi connectivity index (χ4n) is 6.47. The first-order valence-corrected chi connectivity index (χ1v) is 16.5. The molecule has 3 aromatic rings. The second kappa shape index (κ2) is 13.9. The van der Waals surface area contributed by atoms with Gasteiger partial charge in [-0.1, -0.05) is 84.6 Å². The number of esters is 1. The SMILES string of the molecule is CC(C)(C)OC(=O)C(F)(F)c1ccc(CCNC(=O)[C@@H]2c3ccccc3C(=O)N([C@H]3CCCC[C@@H]3O)[C@H]2c2ccc(Cl)cc2Cl)cc1. The number of fused-ring (bicyclic) bond motifs is 1. The molecule has 250 valence electrons. The molecule has 2 amide bonds. The summed E-state index contributed by atoms with van der Waals surface area (Å²) in [5.74, 6) is -6.95. The lowest BCUT2D eigenvalue weighted by atomic mass is 9.76. The maximum absolute atomic E-state index is 14.7. The number of carbonyl (C=O) groups is 3. The van der Waals surface area contributed by atoms with Crippen molar-refractivity contribution in [3.8, 4) is 0 Å². The van der Waals surface area contributed by atoms with Crippen molar-refractivity contribution in [1.82, 2.24) is 10.2 Å². The molecule has 0 radical (unpaired) electrons. The number of hydrogen-bond donors (Lipinski definition) is 2. The summed E-state index contributed by atoms with van der Waals surface area (Å²) >= 11 is 13.0. The Morgan fingerprint density at radius 3 is 2.32 bits per heavy atom. The fraction of sp³-hybridized carbons (Fsp3) is 0.417. The third-order valence-electron chi connectivity index (χ3n) is 8.68. The number of nitrogens with zero attached hydrogens (tertiary/aromatic N) is 1. The van der Waals surface area contributed by atoms with E-state index in [4.69, 9.17) is 27.9 Å². The summed E-state index contributed by atoms with van der Waals surface area (Å²) in [5, 5.41) is 14.8. The van der Waals surface area contributed by atoms with Crippen molar-refractivity contribution in [2.24, 2.45) is 0 Å². The highest BCUT2D eigenvalue weighted by Crippen LogP contribution is 2.47. The molecule has 47 heavy (non-hydrogen) atoms. The molecule has 3 aromatic carbocycles. The minimum atomic E-state index is -3.82. The molecule has 1 aliphatic carbocycles. The van der Waals surface area contributed by atoms with Gasteiger partial charge in [-0.2, -0.15) is 8.78 Å². The maximum atomic E-state index is 14.7. The molecule has 1 aliphatic heterocycles. The molecular formula is C36H38Cl2F2N2O5. The normalized spacial score (nSPS) is 21.6. The van der Waals surface area contributed by atoms with Crippen LogP contribution in [0.5, 0.6) is 0 Å². The number of carbonyl (C=O) groups excluding carboxylic acids is 3. The first-order valence-electron chi connectivity index (χ1n) is 15.7. The van der Waals surface area contributed by atoms with Crippen molar-refractivity contribution in [2.75, 3.05) is 6.54 Å². The van der Waals surface area contributed by atoms with Crippen molar-refractivity contribution >= 4 is 41.0 Å². The van der Waals surface area contributed by atoms with E-state index in [2.05, 4.69) is 5.32 Å². The highest BCUT2D eigenvalue weighted by molar-refractivity contribution is 6.35. The molecule has 11 heteroatoms. The number of aliphatic hydroxyl groups excluding tert-OH is 1. The monoisotopic (exact) mass is 686 g/mol. The summed E-state index contributed by atoms with van der Waals surface area (Å²) in [7, 11) is 0. The molecule has 0 aromatic heterocycles. The predicted octanol–water partition coefficient (Wildman–Crippen LogP) is 7.37. The van der Waals surface area contributed by atoms with Gasteiger partial charge in [0, 0.05) is 27.7 Å². The van der Waals surface area contributed by atoms with Crippen LogP contribution in [-0.2, 0) is 26.7 Å². The van der Waals surface area contributed by atoms with Crippen LogP contribution in [-0.4, -0.2) is 52.1 Å². The van der Waals surface area contributed by atoms with Crippen LogP contribution in [0, 0.1) is 0 Å². The lowest BCUT2D eigenvalue weighted by Crippen LogP contribution is -2.55. The second-order valence-corrected chi connectivity index (χ2v) is 14.0. The molecule has 0 saturated heterocycles. The van der Waals surface area contributed by atoms with E-state index in [0.717, 1.165) is 12.8 Å². The quantitative estimate of drug-likeness (QED) is 0.241. The van der Waals surface area contributed by atoms with E-state index >= 15 is 0 Å². The molecule has 1 heterocycles. The molecule has 0 unspecified atom stereocenters. The van der Waals surface area contributed by atoms with Gasteiger partial charge >= 0.3 is 11.9 Å². The van der Waals surface area contributed by atoms with E-state index < -0.39 is 47.2 Å². The Hall–Kier alpha value is -3.53. The summed E-state index contributed by atoms with van der Waals surface area (Å²) < 4.78 is 34.4. The summed E-state index contributed by atoms with van der Waals surface area (Å²) in [6.45, 7) is 4.72. The molecule has 0 bridgehead atoms. The van der Waals surface area contributed by atoms with Crippen LogP contribution in [0.4, 0.5) is 8.78 Å². The van der Waals surface area contributed by atoms with Gasteiger partial charge in [-0.15, -0.1) is 0 Å². The molecule has 2 N–H and O–H groups in total. The first-order chi connectivity index (χ1) is 22.2. The van der Waals surface area contributed by atoms with Crippen LogP contribution in [0.2, 0.25) is 10.0 Å². The minimum absolute atomic E-state index is 0.167. The minimum Gasteiger partial charge on any atom is -0.455 e. The lowest BCUT2D eigenvalue weighted by molar-refractivity contribution is -0.185. The van der Waals surface area contributed by atoms with Crippen molar-refractivity contribution in [3.05, 3.63) is 105 Å². The van der Waals surface area contributed by atoms with E-state index in [9.17, 15) is 28.3 Å². The average molecular weight is 688 g/mol. The van der Waals surface area contributed by atoms with Crippen LogP contribution in [0.1, 0.15) is 91.0 Å². The largest absolute Gasteiger partial charge is 0.455 e. The number of alkyl halides is 2. The topological polar surface area (TPSA) is 95.9 Å². The maximum Gasteiger partial charge on any atom is 0.382 e. The molecule has 2 aliphatic rings. The van der Waals surface area contributed by atoms with Gasteiger partial charge < -0.3 is 20.1 Å². The van der Waals surface area contributed by atoms with Crippen molar-refractivity contribution in [3.63, 3.8) is 0 Å². The van der Waals surface area contributed by atoms with Crippen LogP contribution < -0.4 is 5.32 Å². The molecule has 1 fully saturated rings. The predicted molar refractivity (Wildman–Crippen MR) is 176 cm³/mol.